The van der Waals surface area contributed by atoms with Gasteiger partial charge >= 0.3 is 5.82 Å². The molecule has 0 aliphatic heterocycles. The molecule has 2 N–H and O–H groups in total. The van der Waals surface area contributed by atoms with Crippen LogP contribution in [0.5, 0.6) is 0 Å². The van der Waals surface area contributed by atoms with E-state index in [1.54, 1.807) is 18.9 Å². The third-order valence-corrected chi connectivity index (χ3v) is 1.73. The maximum Gasteiger partial charge on any atom is 0.366 e. The van der Waals surface area contributed by atoms with Gasteiger partial charge in [0.05, 0.1) is 6.10 Å². The lowest BCUT2D eigenvalue weighted by Gasteiger charge is -2.17. The average molecular weight is 200 g/mol. The number of anilines is 1. The monoisotopic (exact) mass is 200 g/mol. The van der Waals surface area contributed by atoms with E-state index in [1.807, 2.05) is 0 Å². The second kappa shape index (κ2) is 4.05. The molecule has 0 bridgehead atoms. The lowest BCUT2D eigenvalue weighted by atomic mass is 10.3. The molecule has 0 aromatic carbocycles. The molecule has 0 aliphatic carbocycles. The first kappa shape index (κ1) is 10.5. The molecule has 0 aliphatic rings. The molecule has 0 saturated heterocycles. The molecule has 0 saturated carbocycles. The zero-order chi connectivity index (χ0) is 10.7. The Morgan fingerprint density at radius 3 is 3.00 bits per heavy atom. The first-order valence-corrected chi connectivity index (χ1v) is 4.09. The Kier molecular flexibility index (Phi) is 3.03. The van der Waals surface area contributed by atoms with Crippen LogP contribution in [-0.2, 0) is 0 Å². The van der Waals surface area contributed by atoms with Gasteiger partial charge in [0, 0.05) is 13.6 Å². The number of likely N-dealkylation sites (N-methyl/N-ethyl adjacent to an activating group) is 1. The van der Waals surface area contributed by atoms with E-state index in [0.29, 0.717) is 12.2 Å². The fraction of sp³-hybridized carbons (Fsp3) is 0.571. The number of H-pyrrole nitrogens is 1. The van der Waals surface area contributed by atoms with Crippen LogP contribution >= 0.6 is 0 Å². The predicted octanol–water partition coefficient (Wildman–Crippen LogP) is 0.135. The Labute approximate surface area is 80.5 Å². The smallest absolute Gasteiger partial charge is 0.366 e. The molecule has 0 amide bonds. The van der Waals surface area contributed by atoms with Crippen LogP contribution in [0.25, 0.3) is 0 Å². The summed E-state index contributed by atoms with van der Waals surface area (Å²) in [5.41, 5.74) is 0.371. The fourth-order valence-electron chi connectivity index (χ4n) is 1.18. The van der Waals surface area contributed by atoms with Crippen LogP contribution in [0.3, 0.4) is 0 Å². The molecule has 0 fully saturated rings. The topological polar surface area (TPSA) is 95.3 Å². The molecule has 1 aromatic rings. The number of nitrogens with zero attached hydrogens (tertiary/aromatic N) is 3. The molecule has 0 radical (unpaired) electrons. The van der Waals surface area contributed by atoms with Gasteiger partial charge in [0.2, 0.25) is 0 Å². The number of aliphatic hydroxyl groups is 1. The van der Waals surface area contributed by atoms with Crippen LogP contribution in [0.15, 0.2) is 6.20 Å². The molecule has 1 heterocycles. The maximum atomic E-state index is 10.5. The SMILES string of the molecule is CC(O)CN(C)c1cn[nH]c1[N+](=O)[O-]. The van der Waals surface area contributed by atoms with Crippen molar-refractivity contribution in [2.24, 2.45) is 0 Å². The zero-order valence-corrected chi connectivity index (χ0v) is 7.97. The summed E-state index contributed by atoms with van der Waals surface area (Å²) in [6.45, 7) is 1.93. The summed E-state index contributed by atoms with van der Waals surface area (Å²) >= 11 is 0. The van der Waals surface area contributed by atoms with Gasteiger partial charge in [-0.2, -0.15) is 0 Å². The molecule has 7 heteroatoms. The van der Waals surface area contributed by atoms with Crippen LogP contribution in [0, 0.1) is 10.1 Å². The van der Waals surface area contributed by atoms with Crippen molar-refractivity contribution < 1.29 is 10.0 Å². The standard InChI is InChI=1S/C7H12N4O3/c1-5(12)4-10(2)6-3-8-9-7(6)11(13)14/h3,5,12H,4H2,1-2H3,(H,8,9). The maximum absolute atomic E-state index is 10.5. The fourth-order valence-corrected chi connectivity index (χ4v) is 1.18. The normalized spacial score (nSPS) is 12.5. The number of nitrogens with one attached hydrogen (secondary N) is 1. The number of aromatic nitrogens is 2. The van der Waals surface area contributed by atoms with E-state index in [0.717, 1.165) is 0 Å². The minimum atomic E-state index is -0.547. The second-order valence-electron chi connectivity index (χ2n) is 3.09. The van der Waals surface area contributed by atoms with E-state index >= 15 is 0 Å². The number of aromatic amines is 1. The van der Waals surface area contributed by atoms with E-state index in [9.17, 15) is 10.1 Å². The summed E-state index contributed by atoms with van der Waals surface area (Å²) in [6, 6.07) is 0. The third kappa shape index (κ3) is 2.19. The van der Waals surface area contributed by atoms with Gasteiger partial charge in [-0.05, 0) is 11.8 Å². The van der Waals surface area contributed by atoms with Crippen molar-refractivity contribution >= 4 is 11.5 Å². The van der Waals surface area contributed by atoms with Crippen LogP contribution in [0.2, 0.25) is 0 Å². The highest BCUT2D eigenvalue weighted by Crippen LogP contribution is 2.23. The van der Waals surface area contributed by atoms with Crippen LogP contribution in [0.1, 0.15) is 6.92 Å². The minimum absolute atomic E-state index is 0.159. The Balaban J connectivity index is 2.84. The number of hydrogen-bond donors (Lipinski definition) is 2. The molecular formula is C7H12N4O3. The summed E-state index contributed by atoms with van der Waals surface area (Å²) in [6.07, 6.45) is 0.815. The van der Waals surface area contributed by atoms with E-state index in [-0.39, 0.29) is 5.82 Å². The minimum Gasteiger partial charge on any atom is -0.392 e. The number of rotatable bonds is 4. The first-order valence-electron chi connectivity index (χ1n) is 4.09. The van der Waals surface area contributed by atoms with Crippen LogP contribution in [-0.4, -0.2) is 39.9 Å². The second-order valence-corrected chi connectivity index (χ2v) is 3.09. The van der Waals surface area contributed by atoms with Gasteiger partial charge < -0.3 is 20.1 Å². The Bertz CT molecular complexity index is 322. The highest BCUT2D eigenvalue weighted by molar-refractivity contribution is 5.57. The van der Waals surface area contributed by atoms with Crippen molar-refractivity contribution in [1.29, 1.82) is 0 Å². The number of nitro groups is 1. The first-order chi connectivity index (χ1) is 6.52. The molecule has 1 atom stereocenters. The van der Waals surface area contributed by atoms with Gasteiger partial charge in [0.15, 0.2) is 5.69 Å². The molecule has 7 nitrogen and oxygen atoms in total. The highest BCUT2D eigenvalue weighted by atomic mass is 16.6. The Morgan fingerprint density at radius 1 is 1.86 bits per heavy atom. The van der Waals surface area contributed by atoms with Crippen LogP contribution in [0.4, 0.5) is 11.5 Å². The summed E-state index contributed by atoms with van der Waals surface area (Å²) in [4.78, 5) is 11.6. The van der Waals surface area contributed by atoms with E-state index in [2.05, 4.69) is 10.2 Å². The average Bonchev–Trinajstić information content (AvgIpc) is 2.49. The predicted molar refractivity (Wildman–Crippen MR) is 50.2 cm³/mol. The highest BCUT2D eigenvalue weighted by Gasteiger charge is 2.19. The molecule has 1 aromatic heterocycles. The summed E-state index contributed by atoms with van der Waals surface area (Å²) in [5.74, 6) is -0.159. The zero-order valence-electron chi connectivity index (χ0n) is 7.97. The quantitative estimate of drug-likeness (QED) is 0.532. The van der Waals surface area contributed by atoms with Gasteiger partial charge in [-0.3, -0.25) is 0 Å². The number of hydrogen-bond acceptors (Lipinski definition) is 5. The van der Waals surface area contributed by atoms with Crippen LogP contribution < -0.4 is 4.90 Å². The van der Waals surface area contributed by atoms with Crippen molar-refractivity contribution in [3.05, 3.63) is 16.3 Å². The van der Waals surface area contributed by atoms with E-state index < -0.39 is 11.0 Å². The molecular weight excluding hydrogens is 188 g/mol. The van der Waals surface area contributed by atoms with Gasteiger partial charge in [-0.25, -0.2) is 0 Å². The summed E-state index contributed by atoms with van der Waals surface area (Å²) < 4.78 is 0. The molecule has 0 spiro atoms. The largest absolute Gasteiger partial charge is 0.392 e. The van der Waals surface area contributed by atoms with E-state index in [1.165, 1.54) is 6.20 Å². The Morgan fingerprint density at radius 2 is 2.50 bits per heavy atom. The van der Waals surface area contributed by atoms with Crippen molar-refractivity contribution in [2.45, 2.75) is 13.0 Å². The number of aliphatic hydroxyl groups excluding tert-OH is 1. The van der Waals surface area contributed by atoms with Crippen molar-refractivity contribution in [3.8, 4) is 0 Å². The van der Waals surface area contributed by atoms with Gasteiger partial charge in [-0.1, -0.05) is 5.10 Å². The van der Waals surface area contributed by atoms with Gasteiger partial charge in [-0.15, -0.1) is 5.10 Å². The van der Waals surface area contributed by atoms with Crippen molar-refractivity contribution in [2.75, 3.05) is 18.5 Å². The van der Waals surface area contributed by atoms with Gasteiger partial charge in [0.25, 0.3) is 0 Å². The summed E-state index contributed by atoms with van der Waals surface area (Å²) in [5, 5.41) is 25.5. The van der Waals surface area contributed by atoms with Crippen molar-refractivity contribution in [1.82, 2.24) is 10.2 Å². The van der Waals surface area contributed by atoms with Gasteiger partial charge in [0.1, 0.15) is 6.20 Å². The molecule has 78 valence electrons. The van der Waals surface area contributed by atoms with Crippen molar-refractivity contribution in [3.63, 3.8) is 0 Å². The summed E-state index contributed by atoms with van der Waals surface area (Å²) in [7, 11) is 1.66. The molecule has 1 rings (SSSR count). The lowest BCUT2D eigenvalue weighted by molar-refractivity contribution is -0.388. The van der Waals surface area contributed by atoms with E-state index in [4.69, 9.17) is 5.11 Å². The molecule has 1 unspecified atom stereocenters. The lowest BCUT2D eigenvalue weighted by Crippen LogP contribution is -2.27. The molecule has 14 heavy (non-hydrogen) atoms. The third-order valence-electron chi connectivity index (χ3n) is 1.73. The Hall–Kier alpha value is -1.63.